The molecular weight excluding hydrogens is 284 g/mol. The Hall–Kier alpha value is -0.720. The van der Waals surface area contributed by atoms with Gasteiger partial charge in [-0.1, -0.05) is 6.42 Å². The van der Waals surface area contributed by atoms with Gasteiger partial charge in [0.2, 0.25) is 10.0 Å². The van der Waals surface area contributed by atoms with Crippen LogP contribution in [0.2, 0.25) is 0 Å². The summed E-state index contributed by atoms with van der Waals surface area (Å²) in [7, 11) is -3.92. The Morgan fingerprint density at radius 3 is 2.50 bits per heavy atom. The molecule has 0 fully saturated rings. The zero-order valence-corrected chi connectivity index (χ0v) is 11.2. The van der Waals surface area contributed by atoms with Gasteiger partial charge in [-0.2, -0.15) is 0 Å². The molecule has 0 aliphatic rings. The van der Waals surface area contributed by atoms with E-state index in [1.165, 1.54) is 0 Å². The quantitative estimate of drug-likeness (QED) is 0.621. The molecule has 0 saturated carbocycles. The summed E-state index contributed by atoms with van der Waals surface area (Å²) in [5, 5.41) is 0. The van der Waals surface area contributed by atoms with Crippen molar-refractivity contribution < 1.29 is 17.2 Å². The monoisotopic (exact) mass is 297 g/mol. The van der Waals surface area contributed by atoms with E-state index in [0.717, 1.165) is 25.0 Å². The number of benzene rings is 1. The number of hydrogen-bond donors (Lipinski definition) is 1. The summed E-state index contributed by atoms with van der Waals surface area (Å²) < 4.78 is 51.6. The minimum Gasteiger partial charge on any atom is -0.211 e. The van der Waals surface area contributed by atoms with Crippen LogP contribution in [0.25, 0.3) is 0 Å². The Balaban J connectivity index is 2.63. The van der Waals surface area contributed by atoms with Gasteiger partial charge in [0, 0.05) is 18.5 Å². The molecular formula is C11H14ClF2NO2S. The molecule has 0 aliphatic carbocycles. The Morgan fingerprint density at radius 1 is 1.17 bits per heavy atom. The number of rotatable bonds is 7. The van der Waals surface area contributed by atoms with E-state index in [9.17, 15) is 17.2 Å². The maximum atomic E-state index is 13.3. The van der Waals surface area contributed by atoms with Crippen LogP contribution in [0.1, 0.15) is 19.3 Å². The van der Waals surface area contributed by atoms with Crippen molar-refractivity contribution in [2.24, 2.45) is 0 Å². The number of alkyl halides is 1. The number of nitrogens with one attached hydrogen (secondary N) is 1. The second kappa shape index (κ2) is 7.01. The lowest BCUT2D eigenvalue weighted by molar-refractivity contribution is 0.541. The average Bonchev–Trinajstić information content (AvgIpc) is 2.28. The Labute approximate surface area is 110 Å². The molecule has 1 aromatic carbocycles. The molecule has 3 nitrogen and oxygen atoms in total. The van der Waals surface area contributed by atoms with Gasteiger partial charge >= 0.3 is 0 Å². The van der Waals surface area contributed by atoms with Gasteiger partial charge in [0.15, 0.2) is 0 Å². The van der Waals surface area contributed by atoms with Crippen LogP contribution in [0.15, 0.2) is 23.1 Å². The molecule has 1 rings (SSSR count). The first-order chi connectivity index (χ1) is 8.47. The molecule has 0 heterocycles. The van der Waals surface area contributed by atoms with Crippen molar-refractivity contribution in [3.05, 3.63) is 29.8 Å². The van der Waals surface area contributed by atoms with Crippen LogP contribution in [-0.2, 0) is 10.0 Å². The highest BCUT2D eigenvalue weighted by atomic mass is 35.5. The van der Waals surface area contributed by atoms with E-state index in [1.54, 1.807) is 0 Å². The molecule has 7 heteroatoms. The third kappa shape index (κ3) is 4.51. The normalized spacial score (nSPS) is 11.7. The zero-order valence-electron chi connectivity index (χ0n) is 9.63. The largest absolute Gasteiger partial charge is 0.243 e. The molecule has 0 radical (unpaired) electrons. The number of sulfonamides is 1. The Kier molecular flexibility index (Phi) is 5.98. The Bertz CT molecular complexity index is 494. The van der Waals surface area contributed by atoms with Crippen molar-refractivity contribution in [2.45, 2.75) is 24.2 Å². The van der Waals surface area contributed by atoms with Crippen LogP contribution >= 0.6 is 11.6 Å². The topological polar surface area (TPSA) is 46.2 Å². The molecule has 0 aromatic heterocycles. The van der Waals surface area contributed by atoms with Crippen LogP contribution in [0.5, 0.6) is 0 Å². The second-order valence-electron chi connectivity index (χ2n) is 3.72. The lowest BCUT2D eigenvalue weighted by Crippen LogP contribution is -2.25. The minimum atomic E-state index is -3.92. The van der Waals surface area contributed by atoms with Crippen molar-refractivity contribution in [1.82, 2.24) is 4.72 Å². The van der Waals surface area contributed by atoms with E-state index in [4.69, 9.17) is 11.6 Å². The predicted octanol–water partition coefficient (Wildman–Crippen LogP) is 2.65. The van der Waals surface area contributed by atoms with E-state index in [0.29, 0.717) is 18.4 Å². The number of hydrogen-bond acceptors (Lipinski definition) is 2. The van der Waals surface area contributed by atoms with Crippen molar-refractivity contribution >= 4 is 21.6 Å². The van der Waals surface area contributed by atoms with Gasteiger partial charge in [-0.15, -0.1) is 11.6 Å². The van der Waals surface area contributed by atoms with Crippen LogP contribution in [0.4, 0.5) is 8.78 Å². The average molecular weight is 298 g/mol. The van der Waals surface area contributed by atoms with Crippen LogP contribution in [0.3, 0.4) is 0 Å². The first kappa shape index (κ1) is 15.3. The lowest BCUT2D eigenvalue weighted by Gasteiger charge is -2.07. The van der Waals surface area contributed by atoms with E-state index >= 15 is 0 Å². The molecule has 0 saturated heterocycles. The van der Waals surface area contributed by atoms with Crippen molar-refractivity contribution in [1.29, 1.82) is 0 Å². The summed E-state index contributed by atoms with van der Waals surface area (Å²) in [4.78, 5) is -0.541. The van der Waals surface area contributed by atoms with Crippen LogP contribution in [0, 0.1) is 11.6 Å². The molecule has 1 aromatic rings. The predicted molar refractivity (Wildman–Crippen MR) is 66.1 cm³/mol. The van der Waals surface area contributed by atoms with Gasteiger partial charge in [0.25, 0.3) is 0 Å². The lowest BCUT2D eigenvalue weighted by atomic mass is 10.2. The van der Waals surface area contributed by atoms with E-state index in [-0.39, 0.29) is 6.54 Å². The summed E-state index contributed by atoms with van der Waals surface area (Å²) >= 11 is 5.48. The fourth-order valence-corrected chi connectivity index (χ4v) is 2.69. The maximum Gasteiger partial charge on any atom is 0.243 e. The highest BCUT2D eigenvalue weighted by Gasteiger charge is 2.18. The summed E-state index contributed by atoms with van der Waals surface area (Å²) in [6.45, 7) is 0.204. The fraction of sp³-hybridized carbons (Fsp3) is 0.455. The van der Waals surface area contributed by atoms with Gasteiger partial charge in [-0.3, -0.25) is 0 Å². The van der Waals surface area contributed by atoms with Crippen molar-refractivity contribution in [3.63, 3.8) is 0 Å². The van der Waals surface area contributed by atoms with Crippen LogP contribution in [-0.4, -0.2) is 20.8 Å². The number of unbranched alkanes of at least 4 members (excludes halogenated alkanes) is 2. The first-order valence-corrected chi connectivity index (χ1v) is 7.50. The van der Waals surface area contributed by atoms with E-state index in [1.807, 2.05) is 0 Å². The summed E-state index contributed by atoms with van der Waals surface area (Å²) in [6.07, 6.45) is 2.21. The van der Waals surface area contributed by atoms with Gasteiger partial charge < -0.3 is 0 Å². The third-order valence-corrected chi connectivity index (χ3v) is 4.05. The van der Waals surface area contributed by atoms with Gasteiger partial charge in [-0.05, 0) is 25.0 Å². The van der Waals surface area contributed by atoms with Crippen molar-refractivity contribution in [2.75, 3.05) is 12.4 Å². The highest BCUT2D eigenvalue weighted by Crippen LogP contribution is 2.15. The van der Waals surface area contributed by atoms with Gasteiger partial charge in [-0.25, -0.2) is 21.9 Å². The van der Waals surface area contributed by atoms with Gasteiger partial charge in [0.05, 0.1) is 0 Å². The zero-order chi connectivity index (χ0) is 13.6. The summed E-state index contributed by atoms with van der Waals surface area (Å²) in [5.41, 5.74) is 0. The molecule has 0 atom stereocenters. The summed E-state index contributed by atoms with van der Waals surface area (Å²) in [5.74, 6) is -1.38. The molecule has 1 N–H and O–H groups in total. The smallest absolute Gasteiger partial charge is 0.211 e. The second-order valence-corrected chi connectivity index (χ2v) is 5.84. The standard InChI is InChI=1S/C11H14ClF2NO2S/c12-6-2-1-3-7-15-18(16,17)11-5-4-9(13)8-10(11)14/h4-5,8,15H,1-3,6-7H2. The van der Waals surface area contributed by atoms with Gasteiger partial charge in [0.1, 0.15) is 16.5 Å². The highest BCUT2D eigenvalue weighted by molar-refractivity contribution is 7.89. The molecule has 18 heavy (non-hydrogen) atoms. The molecule has 0 amide bonds. The fourth-order valence-electron chi connectivity index (χ4n) is 1.37. The third-order valence-electron chi connectivity index (χ3n) is 2.29. The molecule has 0 unspecified atom stereocenters. The maximum absolute atomic E-state index is 13.3. The van der Waals surface area contributed by atoms with Crippen LogP contribution < -0.4 is 4.72 Å². The first-order valence-electron chi connectivity index (χ1n) is 5.48. The van der Waals surface area contributed by atoms with E-state index in [2.05, 4.69) is 4.72 Å². The molecule has 102 valence electrons. The molecule has 0 aliphatic heterocycles. The molecule has 0 spiro atoms. The SMILES string of the molecule is O=S(=O)(NCCCCCCl)c1ccc(F)cc1F. The number of halogens is 3. The molecule has 0 bridgehead atoms. The minimum absolute atomic E-state index is 0.204. The van der Waals surface area contributed by atoms with Crippen molar-refractivity contribution in [3.8, 4) is 0 Å². The summed E-state index contributed by atoms with van der Waals surface area (Å²) in [6, 6.07) is 2.36. The Morgan fingerprint density at radius 2 is 1.89 bits per heavy atom. The van der Waals surface area contributed by atoms with E-state index < -0.39 is 26.6 Å².